The third-order valence-corrected chi connectivity index (χ3v) is 7.34. The minimum Gasteiger partial charge on any atom is -0.309 e. The molecule has 1 aliphatic carbocycles. The van der Waals surface area contributed by atoms with Gasteiger partial charge >= 0.3 is 0 Å². The van der Waals surface area contributed by atoms with Gasteiger partial charge in [0.1, 0.15) is 4.21 Å². The van der Waals surface area contributed by atoms with Crippen molar-refractivity contribution in [2.75, 3.05) is 20.1 Å². The minimum absolute atomic E-state index is 0.0374. The van der Waals surface area contributed by atoms with Crippen molar-refractivity contribution in [1.29, 1.82) is 0 Å². The zero-order chi connectivity index (χ0) is 15.0. The molecule has 2 N–H and O–H groups in total. The van der Waals surface area contributed by atoms with Crippen LogP contribution in [0.4, 0.5) is 0 Å². The van der Waals surface area contributed by atoms with Crippen molar-refractivity contribution in [3.8, 4) is 0 Å². The van der Waals surface area contributed by atoms with E-state index in [1.807, 2.05) is 14.0 Å². The van der Waals surface area contributed by atoms with Crippen LogP contribution in [-0.2, 0) is 16.6 Å². The lowest BCUT2D eigenvalue weighted by Crippen LogP contribution is -2.36. The first-order valence-electron chi connectivity index (χ1n) is 7.47. The Labute approximate surface area is 130 Å². The van der Waals surface area contributed by atoms with Crippen molar-refractivity contribution in [2.24, 2.45) is 0 Å². The summed E-state index contributed by atoms with van der Waals surface area (Å²) in [6, 6.07) is 2.48. The zero-order valence-corrected chi connectivity index (χ0v) is 14.2. The predicted octanol–water partition coefficient (Wildman–Crippen LogP) is 1.29. The number of likely N-dealkylation sites (N-methyl/N-ethyl adjacent to an activating group) is 1. The minimum atomic E-state index is -3.38. The first-order valence-corrected chi connectivity index (χ1v) is 9.77. The van der Waals surface area contributed by atoms with Gasteiger partial charge in [-0.05, 0) is 51.4 Å². The number of nitrogens with one attached hydrogen (secondary N) is 2. The molecule has 3 rings (SSSR count). The second-order valence-electron chi connectivity index (χ2n) is 6.20. The largest absolute Gasteiger partial charge is 0.309 e. The number of hydrogen-bond donors (Lipinski definition) is 2. The van der Waals surface area contributed by atoms with Gasteiger partial charge in [0.05, 0.1) is 0 Å². The van der Waals surface area contributed by atoms with Gasteiger partial charge in [0.25, 0.3) is 0 Å². The topological polar surface area (TPSA) is 61.4 Å². The molecule has 0 amide bonds. The molecule has 7 heteroatoms. The van der Waals surface area contributed by atoms with Gasteiger partial charge in [-0.3, -0.25) is 0 Å². The van der Waals surface area contributed by atoms with E-state index in [-0.39, 0.29) is 6.04 Å². The van der Waals surface area contributed by atoms with Crippen LogP contribution in [0.15, 0.2) is 10.3 Å². The van der Waals surface area contributed by atoms with Gasteiger partial charge in [-0.2, -0.15) is 0 Å². The van der Waals surface area contributed by atoms with Crippen LogP contribution in [0.1, 0.15) is 29.7 Å². The first kappa shape index (κ1) is 15.4. The summed E-state index contributed by atoms with van der Waals surface area (Å²) in [5, 5.41) is 3.45. The van der Waals surface area contributed by atoms with E-state index in [1.165, 1.54) is 24.2 Å². The van der Waals surface area contributed by atoms with Gasteiger partial charge in [0.2, 0.25) is 10.0 Å². The number of rotatable bonds is 6. The zero-order valence-electron chi connectivity index (χ0n) is 12.6. The maximum absolute atomic E-state index is 12.5. The molecule has 1 atom stereocenters. The number of sulfonamides is 1. The number of likely N-dealkylation sites (tertiary alicyclic amines) is 1. The Morgan fingerprint density at radius 1 is 1.33 bits per heavy atom. The van der Waals surface area contributed by atoms with Crippen LogP contribution in [0, 0.1) is 6.92 Å². The molecule has 0 spiro atoms. The Hall–Kier alpha value is -0.470. The van der Waals surface area contributed by atoms with Gasteiger partial charge in [-0.15, -0.1) is 11.3 Å². The van der Waals surface area contributed by atoms with E-state index in [0.717, 1.165) is 36.5 Å². The van der Waals surface area contributed by atoms with E-state index in [4.69, 9.17) is 0 Å². The standard InChI is InChI=1S/C14H23N3O2S2/c1-10-7-14(20-13(10)8-15-11-3-4-11)21(18,19)16-12-5-6-17(2)9-12/h7,11-12,15-16H,3-6,8-9H2,1-2H3. The molecule has 1 aliphatic heterocycles. The molecule has 118 valence electrons. The molecule has 1 aromatic heterocycles. The van der Waals surface area contributed by atoms with Gasteiger partial charge in [0.15, 0.2) is 0 Å². The highest BCUT2D eigenvalue weighted by Crippen LogP contribution is 2.28. The quantitative estimate of drug-likeness (QED) is 0.826. The molecule has 0 bridgehead atoms. The number of nitrogens with zero attached hydrogens (tertiary/aromatic N) is 1. The summed E-state index contributed by atoms with van der Waals surface area (Å²) in [4.78, 5) is 3.28. The first-order chi connectivity index (χ1) is 9.94. The number of aryl methyl sites for hydroxylation is 1. The normalized spacial score (nSPS) is 23.8. The summed E-state index contributed by atoms with van der Waals surface area (Å²) < 4.78 is 28.2. The van der Waals surface area contributed by atoms with E-state index in [2.05, 4.69) is 14.9 Å². The van der Waals surface area contributed by atoms with Crippen LogP contribution in [0.25, 0.3) is 0 Å². The Kier molecular flexibility index (Phi) is 4.38. The lowest BCUT2D eigenvalue weighted by atomic mass is 10.3. The lowest BCUT2D eigenvalue weighted by Gasteiger charge is -2.12. The molecule has 0 radical (unpaired) electrons. The van der Waals surface area contributed by atoms with Crippen molar-refractivity contribution in [3.05, 3.63) is 16.5 Å². The summed E-state index contributed by atoms with van der Waals surface area (Å²) in [6.45, 7) is 4.51. The van der Waals surface area contributed by atoms with Crippen molar-refractivity contribution in [3.63, 3.8) is 0 Å². The molecular weight excluding hydrogens is 306 g/mol. The molecular formula is C14H23N3O2S2. The van der Waals surface area contributed by atoms with Crippen LogP contribution in [0.5, 0.6) is 0 Å². The fraction of sp³-hybridized carbons (Fsp3) is 0.714. The highest BCUT2D eigenvalue weighted by atomic mass is 32.2. The average molecular weight is 329 g/mol. The number of hydrogen-bond acceptors (Lipinski definition) is 5. The maximum Gasteiger partial charge on any atom is 0.250 e. The third kappa shape index (κ3) is 3.84. The predicted molar refractivity (Wildman–Crippen MR) is 85.1 cm³/mol. The molecule has 2 fully saturated rings. The molecule has 21 heavy (non-hydrogen) atoms. The van der Waals surface area contributed by atoms with Crippen molar-refractivity contribution in [2.45, 2.75) is 49.0 Å². The molecule has 1 aromatic rings. The highest BCUT2D eigenvalue weighted by Gasteiger charge is 2.27. The fourth-order valence-corrected chi connectivity index (χ4v) is 5.45. The molecule has 0 aromatic carbocycles. The van der Waals surface area contributed by atoms with Crippen LogP contribution in [0.3, 0.4) is 0 Å². The van der Waals surface area contributed by atoms with Crippen LogP contribution in [-0.4, -0.2) is 45.5 Å². The molecule has 1 saturated carbocycles. The van der Waals surface area contributed by atoms with Gasteiger partial charge in [0, 0.05) is 30.1 Å². The lowest BCUT2D eigenvalue weighted by molar-refractivity contribution is 0.407. The fourth-order valence-electron chi connectivity index (χ4n) is 2.63. The monoisotopic (exact) mass is 329 g/mol. The molecule has 5 nitrogen and oxygen atoms in total. The van der Waals surface area contributed by atoms with E-state index in [9.17, 15) is 8.42 Å². The summed E-state index contributed by atoms with van der Waals surface area (Å²) in [5.74, 6) is 0. The SMILES string of the molecule is Cc1cc(S(=O)(=O)NC2CCN(C)C2)sc1CNC1CC1. The van der Waals surface area contributed by atoms with Crippen molar-refractivity contribution >= 4 is 21.4 Å². The molecule has 2 heterocycles. The van der Waals surface area contributed by atoms with Gasteiger partial charge in [-0.25, -0.2) is 13.1 Å². The highest BCUT2D eigenvalue weighted by molar-refractivity contribution is 7.91. The van der Waals surface area contributed by atoms with Gasteiger partial charge < -0.3 is 10.2 Å². The van der Waals surface area contributed by atoms with Gasteiger partial charge in [-0.1, -0.05) is 0 Å². The summed E-state index contributed by atoms with van der Waals surface area (Å²) in [6.07, 6.45) is 3.37. The van der Waals surface area contributed by atoms with Crippen LogP contribution < -0.4 is 10.0 Å². The maximum atomic E-state index is 12.5. The second-order valence-corrected chi connectivity index (χ2v) is 9.27. The third-order valence-electron chi connectivity index (χ3n) is 4.10. The summed E-state index contributed by atoms with van der Waals surface area (Å²) in [7, 11) is -1.36. The molecule has 2 aliphatic rings. The van der Waals surface area contributed by atoms with E-state index < -0.39 is 10.0 Å². The van der Waals surface area contributed by atoms with Crippen molar-refractivity contribution < 1.29 is 8.42 Å². The van der Waals surface area contributed by atoms with Crippen LogP contribution in [0.2, 0.25) is 0 Å². The van der Waals surface area contributed by atoms with Crippen LogP contribution >= 0.6 is 11.3 Å². The summed E-state index contributed by atoms with van der Waals surface area (Å²) in [5.41, 5.74) is 1.07. The Morgan fingerprint density at radius 3 is 2.71 bits per heavy atom. The Bertz CT molecular complexity index is 608. The van der Waals surface area contributed by atoms with E-state index in [1.54, 1.807) is 6.07 Å². The Morgan fingerprint density at radius 2 is 2.10 bits per heavy atom. The molecule has 1 saturated heterocycles. The van der Waals surface area contributed by atoms with Crippen molar-refractivity contribution in [1.82, 2.24) is 14.9 Å². The Balaban J connectivity index is 1.67. The molecule has 1 unspecified atom stereocenters. The average Bonchev–Trinajstić information content (AvgIpc) is 3.04. The number of thiophene rings is 1. The smallest absolute Gasteiger partial charge is 0.250 e. The second kappa shape index (κ2) is 5.96. The van der Waals surface area contributed by atoms with E-state index in [0.29, 0.717) is 10.3 Å². The summed E-state index contributed by atoms with van der Waals surface area (Å²) >= 11 is 1.39. The van der Waals surface area contributed by atoms with E-state index >= 15 is 0 Å².